The summed E-state index contributed by atoms with van der Waals surface area (Å²) in [6, 6.07) is 13.7. The van der Waals surface area contributed by atoms with Gasteiger partial charge in [-0.2, -0.15) is 5.26 Å². The highest BCUT2D eigenvalue weighted by atomic mass is 16.4. The van der Waals surface area contributed by atoms with E-state index < -0.39 is 0 Å². The molecule has 0 amide bonds. The van der Waals surface area contributed by atoms with E-state index in [9.17, 15) is 5.26 Å². The second-order valence-corrected chi connectivity index (χ2v) is 7.06. The van der Waals surface area contributed by atoms with E-state index in [4.69, 9.17) is 5.21 Å². The van der Waals surface area contributed by atoms with Crippen LogP contribution >= 0.6 is 0 Å². The summed E-state index contributed by atoms with van der Waals surface area (Å²) in [5.41, 5.74) is 4.25. The van der Waals surface area contributed by atoms with Crippen LogP contribution in [0.15, 0.2) is 53.8 Å². The van der Waals surface area contributed by atoms with Crippen LogP contribution in [0.4, 0.5) is 0 Å². The molecule has 1 N–H and O–H groups in total. The second kappa shape index (κ2) is 7.97. The molecule has 0 unspecified atom stereocenters. The molecule has 2 aromatic rings. The fourth-order valence-electron chi connectivity index (χ4n) is 3.56. The lowest BCUT2D eigenvalue weighted by Crippen LogP contribution is -2.28. The molecule has 1 aliphatic carbocycles. The lowest BCUT2D eigenvalue weighted by molar-refractivity contribution is 0.270. The molecule has 1 aromatic carbocycles. The Labute approximate surface area is 154 Å². The first kappa shape index (κ1) is 17.9. The molecule has 0 radical (unpaired) electrons. The summed E-state index contributed by atoms with van der Waals surface area (Å²) >= 11 is 0. The first-order valence-electron chi connectivity index (χ1n) is 8.96. The number of aromatic nitrogens is 1. The Balaban J connectivity index is 1.77. The van der Waals surface area contributed by atoms with Crippen LogP contribution in [0.1, 0.15) is 37.9 Å². The lowest BCUT2D eigenvalue weighted by Gasteiger charge is -2.32. The number of rotatable bonds is 3. The van der Waals surface area contributed by atoms with Gasteiger partial charge in [-0.3, -0.25) is 4.98 Å². The molecule has 0 bridgehead atoms. The Morgan fingerprint density at radius 2 is 2.00 bits per heavy atom. The monoisotopic (exact) mass is 345 g/mol. The number of nitrogens with zero attached hydrogens (tertiary/aromatic N) is 3. The first-order valence-corrected chi connectivity index (χ1v) is 8.96. The number of pyridine rings is 1. The number of benzene rings is 1. The van der Waals surface area contributed by atoms with Crippen LogP contribution in [0.3, 0.4) is 0 Å². The van der Waals surface area contributed by atoms with Crippen LogP contribution < -0.4 is 0 Å². The predicted octanol–water partition coefficient (Wildman–Crippen LogP) is 5.15. The minimum absolute atomic E-state index is 0.352. The Hall–Kier alpha value is -2.93. The summed E-state index contributed by atoms with van der Waals surface area (Å²) in [5.74, 6) is 1.39. The van der Waals surface area contributed by atoms with Gasteiger partial charge in [0.1, 0.15) is 0 Å². The average Bonchev–Trinajstić information content (AvgIpc) is 2.69. The van der Waals surface area contributed by atoms with Crippen LogP contribution in [-0.2, 0) is 0 Å². The van der Waals surface area contributed by atoms with Gasteiger partial charge in [0.2, 0.25) is 0 Å². The summed E-state index contributed by atoms with van der Waals surface area (Å²) in [4.78, 5) is 4.52. The van der Waals surface area contributed by atoms with Crippen LogP contribution in [0, 0.1) is 29.1 Å². The number of nitriles is 1. The first-order chi connectivity index (χ1) is 12.6. The molecule has 4 heteroatoms. The van der Waals surface area contributed by atoms with Crippen LogP contribution in [-0.4, -0.2) is 15.9 Å². The highest BCUT2D eigenvalue weighted by Crippen LogP contribution is 2.34. The minimum atomic E-state index is 0.352. The van der Waals surface area contributed by atoms with E-state index in [2.05, 4.69) is 36.1 Å². The van der Waals surface area contributed by atoms with Gasteiger partial charge in [0.05, 0.1) is 23.0 Å². The van der Waals surface area contributed by atoms with Gasteiger partial charge in [0.15, 0.2) is 0 Å². The van der Waals surface area contributed by atoms with Gasteiger partial charge < -0.3 is 5.21 Å². The average molecular weight is 345 g/mol. The van der Waals surface area contributed by atoms with Gasteiger partial charge in [-0.25, -0.2) is 0 Å². The number of oxime groups is 1. The summed E-state index contributed by atoms with van der Waals surface area (Å²) in [7, 11) is 0. The Morgan fingerprint density at radius 3 is 2.69 bits per heavy atom. The van der Waals surface area contributed by atoms with Gasteiger partial charge in [0.25, 0.3) is 0 Å². The maximum Gasteiger partial charge on any atom is 0.0998 e. The van der Waals surface area contributed by atoms with Crippen LogP contribution in [0.5, 0.6) is 0 Å². The van der Waals surface area contributed by atoms with E-state index >= 15 is 0 Å². The molecule has 1 aromatic heterocycles. The molecule has 0 saturated heterocycles. The molecule has 1 saturated carbocycles. The normalized spacial score (nSPS) is 24.7. The zero-order valence-corrected chi connectivity index (χ0v) is 15.1. The molecular formula is C22H23N3O. The van der Waals surface area contributed by atoms with Crippen molar-refractivity contribution in [2.45, 2.75) is 26.7 Å². The maximum absolute atomic E-state index is 9.24. The predicted molar refractivity (Wildman–Crippen MR) is 104 cm³/mol. The molecule has 132 valence electrons. The molecule has 0 spiro atoms. The van der Waals surface area contributed by atoms with Crippen molar-refractivity contribution < 1.29 is 5.21 Å². The van der Waals surface area contributed by atoms with Crippen molar-refractivity contribution in [2.24, 2.45) is 22.9 Å². The van der Waals surface area contributed by atoms with Crippen molar-refractivity contribution in [3.63, 3.8) is 0 Å². The van der Waals surface area contributed by atoms with Gasteiger partial charge in [0, 0.05) is 17.3 Å². The van der Waals surface area contributed by atoms with Crippen molar-refractivity contribution >= 4 is 11.8 Å². The van der Waals surface area contributed by atoms with Crippen LogP contribution in [0.2, 0.25) is 0 Å². The quantitative estimate of drug-likeness (QED) is 0.618. The van der Waals surface area contributed by atoms with Crippen molar-refractivity contribution in [2.75, 3.05) is 0 Å². The third kappa shape index (κ3) is 3.83. The summed E-state index contributed by atoms with van der Waals surface area (Å²) < 4.78 is 0. The molecule has 0 aliphatic heterocycles. The van der Waals surface area contributed by atoms with Gasteiger partial charge in [-0.1, -0.05) is 49.3 Å². The molecule has 1 heterocycles. The van der Waals surface area contributed by atoms with E-state index in [0.717, 1.165) is 35.4 Å². The van der Waals surface area contributed by atoms with Gasteiger partial charge in [-0.05, 0) is 48.8 Å². The smallest absolute Gasteiger partial charge is 0.0998 e. The summed E-state index contributed by atoms with van der Waals surface area (Å²) in [6.45, 7) is 4.46. The van der Waals surface area contributed by atoms with E-state index in [1.54, 1.807) is 0 Å². The minimum Gasteiger partial charge on any atom is -0.411 e. The fourth-order valence-corrected chi connectivity index (χ4v) is 3.56. The standard InChI is InChI=1S/C22H23N3O/c1-15-11-21(25-26)12-17(16(15)2)7-9-20-10-8-19(14-24-20)22-6-4-3-5-18(22)13-23/h3-10,14-17,26H,11-12H2,1-2H3/b9-7+,25-21?/t15-,16+,17+/m0/s1. The zero-order valence-electron chi connectivity index (χ0n) is 15.1. The number of hydrogen-bond donors (Lipinski definition) is 1. The SMILES string of the molecule is C[C@H]1[C@H](/C=C/c2ccc(-c3ccccc3C#N)cn2)CC(=NO)C[C@@H]1C. The number of hydrogen-bond acceptors (Lipinski definition) is 4. The molecule has 26 heavy (non-hydrogen) atoms. The fraction of sp³-hybridized carbons (Fsp3) is 0.318. The molecule has 3 rings (SSSR count). The largest absolute Gasteiger partial charge is 0.411 e. The van der Waals surface area contributed by atoms with Gasteiger partial charge >= 0.3 is 0 Å². The van der Waals surface area contributed by atoms with E-state index in [-0.39, 0.29) is 0 Å². The third-order valence-corrected chi connectivity index (χ3v) is 5.40. The molecule has 1 fully saturated rings. The maximum atomic E-state index is 9.24. The van der Waals surface area contributed by atoms with Gasteiger partial charge in [-0.15, -0.1) is 0 Å². The third-order valence-electron chi connectivity index (χ3n) is 5.40. The Bertz CT molecular complexity index is 862. The second-order valence-electron chi connectivity index (χ2n) is 7.06. The van der Waals surface area contributed by atoms with Crippen molar-refractivity contribution in [3.8, 4) is 17.2 Å². The van der Waals surface area contributed by atoms with Crippen molar-refractivity contribution in [1.29, 1.82) is 5.26 Å². The van der Waals surface area contributed by atoms with Crippen LogP contribution in [0.25, 0.3) is 17.2 Å². The topological polar surface area (TPSA) is 69.3 Å². The zero-order chi connectivity index (χ0) is 18.5. The molecule has 1 aliphatic rings. The van der Waals surface area contributed by atoms with E-state index in [1.165, 1.54) is 0 Å². The lowest BCUT2D eigenvalue weighted by atomic mass is 9.73. The van der Waals surface area contributed by atoms with E-state index in [1.807, 2.05) is 48.7 Å². The van der Waals surface area contributed by atoms with Crippen molar-refractivity contribution in [1.82, 2.24) is 4.98 Å². The molecule has 4 nitrogen and oxygen atoms in total. The number of allylic oxidation sites excluding steroid dienone is 1. The molecular weight excluding hydrogens is 322 g/mol. The highest BCUT2D eigenvalue weighted by molar-refractivity contribution is 5.85. The Kier molecular flexibility index (Phi) is 5.48. The molecule has 3 atom stereocenters. The van der Waals surface area contributed by atoms with Crippen molar-refractivity contribution in [3.05, 3.63) is 59.9 Å². The van der Waals surface area contributed by atoms with E-state index in [0.29, 0.717) is 23.3 Å². The summed E-state index contributed by atoms with van der Waals surface area (Å²) in [6.07, 6.45) is 7.69. The Morgan fingerprint density at radius 1 is 1.19 bits per heavy atom. The highest BCUT2D eigenvalue weighted by Gasteiger charge is 2.29. The summed E-state index contributed by atoms with van der Waals surface area (Å²) in [5, 5.41) is 21.8.